The van der Waals surface area contributed by atoms with Gasteiger partial charge in [0.15, 0.2) is 0 Å². The summed E-state index contributed by atoms with van der Waals surface area (Å²) in [4.78, 5) is 2.09. The fourth-order valence-electron chi connectivity index (χ4n) is 3.03. The van der Waals surface area contributed by atoms with E-state index in [4.69, 9.17) is 39.5 Å². The smallest absolute Gasteiger partial charge is 0.250 e. The molecule has 2 heterocycles. The van der Waals surface area contributed by atoms with Crippen molar-refractivity contribution in [3.05, 3.63) is 44.7 Å². The molecule has 1 atom stereocenters. The third-order valence-electron chi connectivity index (χ3n) is 4.52. The molecule has 160 valence electrons. The lowest BCUT2D eigenvalue weighted by molar-refractivity contribution is 0.0630. The van der Waals surface area contributed by atoms with Crippen LogP contribution in [0.1, 0.15) is 12.8 Å². The molecule has 0 saturated carbocycles. The van der Waals surface area contributed by atoms with Gasteiger partial charge in [0.05, 0.1) is 20.5 Å². The van der Waals surface area contributed by atoms with Gasteiger partial charge in [-0.2, -0.15) is 0 Å². The van der Waals surface area contributed by atoms with Gasteiger partial charge in [-0.25, -0.2) is 13.1 Å². The number of aliphatic hydroxyl groups is 1. The van der Waals surface area contributed by atoms with Crippen LogP contribution in [0, 0.1) is 0 Å². The minimum Gasteiger partial charge on any atom is -0.490 e. The number of nitrogens with one attached hydrogen (secondary N) is 1. The molecule has 1 aliphatic rings. The van der Waals surface area contributed by atoms with Gasteiger partial charge in [-0.15, -0.1) is 11.3 Å². The SMILES string of the molecule is O=S(=O)(NCC(O)CN1CCC(Oc2ccc(Cl)c(Cl)c2)CC1)c1ccc(Cl)s1. The van der Waals surface area contributed by atoms with Gasteiger partial charge in [0.2, 0.25) is 10.0 Å². The summed E-state index contributed by atoms with van der Waals surface area (Å²) in [5.74, 6) is 0.681. The number of hydrogen-bond acceptors (Lipinski definition) is 6. The summed E-state index contributed by atoms with van der Waals surface area (Å²) in [6, 6.07) is 8.17. The predicted molar refractivity (Wildman–Crippen MR) is 117 cm³/mol. The highest BCUT2D eigenvalue weighted by atomic mass is 35.5. The first-order chi connectivity index (χ1) is 13.7. The molecule has 1 aromatic heterocycles. The number of ether oxygens (including phenoxy) is 1. The van der Waals surface area contributed by atoms with Crippen molar-refractivity contribution in [2.45, 2.75) is 29.3 Å². The Morgan fingerprint density at radius 3 is 2.52 bits per heavy atom. The van der Waals surface area contributed by atoms with Crippen LogP contribution in [0.4, 0.5) is 0 Å². The molecule has 0 aliphatic carbocycles. The zero-order valence-electron chi connectivity index (χ0n) is 15.4. The van der Waals surface area contributed by atoms with E-state index in [-0.39, 0.29) is 16.9 Å². The third kappa shape index (κ3) is 6.70. The zero-order chi connectivity index (χ0) is 21.0. The molecule has 0 amide bonds. The maximum atomic E-state index is 12.2. The standard InChI is InChI=1S/C18H21Cl3N2O4S2/c19-15-2-1-14(9-16(15)20)27-13-5-7-23(8-6-13)11-12(24)10-22-29(25,26)18-4-3-17(21)28-18/h1-4,9,12-13,22,24H,5-8,10-11H2. The molecule has 6 nitrogen and oxygen atoms in total. The number of nitrogens with zero attached hydrogens (tertiary/aromatic N) is 1. The Bertz CT molecular complexity index is 931. The summed E-state index contributed by atoms with van der Waals surface area (Å²) < 4.78 is 33.3. The minimum absolute atomic E-state index is 0.0580. The highest BCUT2D eigenvalue weighted by Crippen LogP contribution is 2.28. The number of β-amino-alcohol motifs (C(OH)–C–C–N with tert-alkyl or cyclic N) is 1. The second kappa shape index (κ2) is 10.2. The largest absolute Gasteiger partial charge is 0.490 e. The molecule has 1 saturated heterocycles. The number of hydrogen-bond donors (Lipinski definition) is 2. The Kier molecular flexibility index (Phi) is 8.08. The van der Waals surface area contributed by atoms with Crippen LogP contribution in [0.25, 0.3) is 0 Å². The first-order valence-corrected chi connectivity index (χ1v) is 12.4. The number of aliphatic hydroxyl groups excluding tert-OH is 1. The van der Waals surface area contributed by atoms with Crippen molar-refractivity contribution < 1.29 is 18.3 Å². The van der Waals surface area contributed by atoms with Gasteiger partial charge < -0.3 is 14.7 Å². The van der Waals surface area contributed by atoms with Gasteiger partial charge >= 0.3 is 0 Å². The molecule has 29 heavy (non-hydrogen) atoms. The fraction of sp³-hybridized carbons (Fsp3) is 0.444. The molecule has 1 aromatic carbocycles. The topological polar surface area (TPSA) is 78.9 Å². The molecule has 3 rings (SSSR count). The van der Waals surface area contributed by atoms with Gasteiger partial charge in [-0.1, -0.05) is 34.8 Å². The summed E-state index contributed by atoms with van der Waals surface area (Å²) in [6.07, 6.45) is 0.842. The second-order valence-corrected chi connectivity index (χ2v) is 11.3. The first-order valence-electron chi connectivity index (χ1n) is 9.00. The molecule has 0 radical (unpaired) electrons. The van der Waals surface area contributed by atoms with Gasteiger partial charge in [0.25, 0.3) is 0 Å². The summed E-state index contributed by atoms with van der Waals surface area (Å²) in [7, 11) is -3.66. The highest BCUT2D eigenvalue weighted by Gasteiger charge is 2.24. The number of sulfonamides is 1. The lowest BCUT2D eigenvalue weighted by Crippen LogP contribution is -2.44. The van der Waals surface area contributed by atoms with Gasteiger partial charge in [0.1, 0.15) is 16.1 Å². The fourth-order valence-corrected chi connectivity index (χ4v) is 5.92. The molecule has 1 fully saturated rings. The van der Waals surface area contributed by atoms with E-state index in [1.807, 2.05) is 0 Å². The van der Waals surface area contributed by atoms with Crippen molar-refractivity contribution in [3.8, 4) is 5.75 Å². The van der Waals surface area contributed by atoms with Gasteiger partial charge in [-0.05, 0) is 37.1 Å². The van der Waals surface area contributed by atoms with Crippen molar-refractivity contribution in [2.75, 3.05) is 26.2 Å². The molecule has 0 bridgehead atoms. The average Bonchev–Trinajstić information content (AvgIpc) is 3.12. The van der Waals surface area contributed by atoms with E-state index < -0.39 is 16.1 Å². The van der Waals surface area contributed by atoms with Crippen LogP contribution >= 0.6 is 46.1 Å². The van der Waals surface area contributed by atoms with Crippen LogP contribution in [0.2, 0.25) is 14.4 Å². The molecular formula is C18H21Cl3N2O4S2. The quantitative estimate of drug-likeness (QED) is 0.576. The van der Waals surface area contributed by atoms with Crippen LogP contribution in [0.15, 0.2) is 34.5 Å². The number of benzene rings is 1. The average molecular weight is 500 g/mol. The molecular weight excluding hydrogens is 479 g/mol. The Hall–Kier alpha value is -0.580. The van der Waals surface area contributed by atoms with Crippen molar-refractivity contribution in [1.82, 2.24) is 9.62 Å². The molecule has 11 heteroatoms. The summed E-state index contributed by atoms with van der Waals surface area (Å²) in [6.45, 7) is 1.82. The molecule has 0 spiro atoms. The van der Waals surface area contributed by atoms with E-state index >= 15 is 0 Å². The summed E-state index contributed by atoms with van der Waals surface area (Å²) in [5, 5.41) is 11.2. The Balaban J connectivity index is 1.41. The number of likely N-dealkylation sites (tertiary alicyclic amines) is 1. The van der Waals surface area contributed by atoms with E-state index in [1.165, 1.54) is 12.1 Å². The summed E-state index contributed by atoms with van der Waals surface area (Å²) >= 11 is 18.7. The van der Waals surface area contributed by atoms with Crippen LogP contribution in [0.5, 0.6) is 5.75 Å². The number of rotatable bonds is 8. The lowest BCUT2D eigenvalue weighted by atomic mass is 10.1. The zero-order valence-corrected chi connectivity index (χ0v) is 19.3. The van der Waals surface area contributed by atoms with Gasteiger partial charge in [-0.3, -0.25) is 0 Å². The summed E-state index contributed by atoms with van der Waals surface area (Å²) in [5.41, 5.74) is 0. The molecule has 2 aromatic rings. The lowest BCUT2D eigenvalue weighted by Gasteiger charge is -2.33. The van der Waals surface area contributed by atoms with Crippen LogP contribution in [0.3, 0.4) is 0 Å². The predicted octanol–water partition coefficient (Wildman–Crippen LogP) is 3.89. The first kappa shape index (κ1) is 23.1. The van der Waals surface area contributed by atoms with E-state index in [1.54, 1.807) is 18.2 Å². The maximum absolute atomic E-state index is 12.2. The van der Waals surface area contributed by atoms with Crippen LogP contribution < -0.4 is 9.46 Å². The van der Waals surface area contributed by atoms with Crippen molar-refractivity contribution in [1.29, 1.82) is 0 Å². The Labute approximate surface area is 189 Å². The Morgan fingerprint density at radius 2 is 1.90 bits per heavy atom. The third-order valence-corrected chi connectivity index (χ3v) is 8.41. The van der Waals surface area contributed by atoms with Crippen molar-refractivity contribution in [3.63, 3.8) is 0 Å². The van der Waals surface area contributed by atoms with E-state index in [9.17, 15) is 13.5 Å². The molecule has 1 aliphatic heterocycles. The number of thiophene rings is 1. The molecule has 2 N–H and O–H groups in total. The second-order valence-electron chi connectivity index (χ2n) is 6.76. The number of halogens is 3. The number of piperidine rings is 1. The molecule has 1 unspecified atom stereocenters. The van der Waals surface area contributed by atoms with Crippen molar-refractivity contribution in [2.24, 2.45) is 0 Å². The van der Waals surface area contributed by atoms with Crippen LogP contribution in [-0.4, -0.2) is 56.8 Å². The minimum atomic E-state index is -3.66. The van der Waals surface area contributed by atoms with E-state index in [0.29, 0.717) is 26.7 Å². The highest BCUT2D eigenvalue weighted by molar-refractivity contribution is 7.91. The van der Waals surface area contributed by atoms with E-state index in [0.717, 1.165) is 37.3 Å². The van der Waals surface area contributed by atoms with E-state index in [2.05, 4.69) is 9.62 Å². The maximum Gasteiger partial charge on any atom is 0.250 e. The van der Waals surface area contributed by atoms with Crippen LogP contribution in [-0.2, 0) is 10.0 Å². The normalized spacial score (nSPS) is 17.4. The van der Waals surface area contributed by atoms with Gasteiger partial charge in [0, 0.05) is 32.2 Å². The monoisotopic (exact) mass is 498 g/mol. The van der Waals surface area contributed by atoms with Crippen molar-refractivity contribution >= 4 is 56.2 Å². The Morgan fingerprint density at radius 1 is 1.17 bits per heavy atom.